The van der Waals surface area contributed by atoms with Crippen LogP contribution in [0.5, 0.6) is 0 Å². The van der Waals surface area contributed by atoms with E-state index in [9.17, 15) is 14.7 Å². The number of carbonyl (C=O) groups is 2. The van der Waals surface area contributed by atoms with E-state index in [4.69, 9.17) is 4.74 Å². The van der Waals surface area contributed by atoms with Crippen LogP contribution in [0.15, 0.2) is 35.7 Å². The molecule has 1 atom stereocenters. The molecular formula is C16H18N2O4S. The van der Waals surface area contributed by atoms with E-state index >= 15 is 0 Å². The van der Waals surface area contributed by atoms with Gasteiger partial charge in [-0.15, -0.1) is 11.3 Å². The van der Waals surface area contributed by atoms with Crippen LogP contribution in [0.3, 0.4) is 0 Å². The first-order chi connectivity index (χ1) is 11.0. The number of carboxylic acids is 1. The summed E-state index contributed by atoms with van der Waals surface area (Å²) in [6.07, 6.45) is -0.672. The van der Waals surface area contributed by atoms with Crippen LogP contribution < -0.4 is 0 Å². The molecule has 122 valence electrons. The normalized spacial score (nSPS) is 11.7. The molecule has 1 aromatic heterocycles. The number of nitrogens with zero attached hydrogens (tertiary/aromatic N) is 2. The molecule has 2 rings (SSSR count). The Morgan fingerprint density at radius 2 is 2.04 bits per heavy atom. The topological polar surface area (TPSA) is 79.7 Å². The maximum atomic E-state index is 12.3. The molecule has 23 heavy (non-hydrogen) atoms. The van der Waals surface area contributed by atoms with Crippen LogP contribution in [0.2, 0.25) is 0 Å². The number of amides is 1. The Bertz CT molecular complexity index is 672. The predicted octanol–water partition coefficient (Wildman–Crippen LogP) is 3.06. The average molecular weight is 334 g/mol. The third-order valence-electron chi connectivity index (χ3n) is 3.26. The van der Waals surface area contributed by atoms with Crippen molar-refractivity contribution in [3.05, 3.63) is 52.0 Å². The predicted molar refractivity (Wildman–Crippen MR) is 86.1 cm³/mol. The lowest BCUT2D eigenvalue weighted by Crippen LogP contribution is -2.43. The van der Waals surface area contributed by atoms with Gasteiger partial charge in [0.25, 0.3) is 0 Å². The number of carbonyl (C=O) groups excluding carboxylic acids is 1. The van der Waals surface area contributed by atoms with Crippen LogP contribution in [-0.2, 0) is 22.7 Å². The summed E-state index contributed by atoms with van der Waals surface area (Å²) >= 11 is 1.45. The fourth-order valence-electron chi connectivity index (χ4n) is 1.95. The van der Waals surface area contributed by atoms with Gasteiger partial charge in [-0.05, 0) is 19.4 Å². The van der Waals surface area contributed by atoms with Crippen LogP contribution in [0.4, 0.5) is 4.79 Å². The van der Waals surface area contributed by atoms with Crippen LogP contribution in [0.1, 0.15) is 23.2 Å². The highest BCUT2D eigenvalue weighted by molar-refractivity contribution is 7.09. The number of hydrogen-bond donors (Lipinski definition) is 1. The molecule has 0 saturated carbocycles. The fourth-order valence-corrected chi connectivity index (χ4v) is 2.55. The van der Waals surface area contributed by atoms with Crippen molar-refractivity contribution in [2.45, 2.75) is 33.0 Å². The van der Waals surface area contributed by atoms with Crippen molar-refractivity contribution < 1.29 is 19.4 Å². The zero-order valence-electron chi connectivity index (χ0n) is 12.9. The Hall–Kier alpha value is -2.41. The number of aliphatic carboxylic acids is 1. The molecule has 6 nitrogen and oxygen atoms in total. The maximum Gasteiger partial charge on any atom is 0.411 e. The number of hydrogen-bond acceptors (Lipinski definition) is 5. The molecule has 0 radical (unpaired) electrons. The van der Waals surface area contributed by atoms with Gasteiger partial charge in [0.1, 0.15) is 12.6 Å². The molecular weight excluding hydrogens is 316 g/mol. The Morgan fingerprint density at radius 3 is 2.61 bits per heavy atom. The highest BCUT2D eigenvalue weighted by Crippen LogP contribution is 2.14. The lowest BCUT2D eigenvalue weighted by molar-refractivity contribution is -0.142. The first kappa shape index (κ1) is 17.0. The van der Waals surface area contributed by atoms with Gasteiger partial charge in [-0.1, -0.05) is 30.3 Å². The van der Waals surface area contributed by atoms with Gasteiger partial charge in [-0.2, -0.15) is 0 Å². The second-order valence-electron chi connectivity index (χ2n) is 5.04. The minimum Gasteiger partial charge on any atom is -0.480 e. The van der Waals surface area contributed by atoms with Gasteiger partial charge in [0, 0.05) is 5.38 Å². The number of aromatic nitrogens is 1. The zero-order valence-corrected chi connectivity index (χ0v) is 13.7. The summed E-state index contributed by atoms with van der Waals surface area (Å²) in [4.78, 5) is 29.0. The van der Waals surface area contributed by atoms with Crippen LogP contribution >= 0.6 is 11.3 Å². The van der Waals surface area contributed by atoms with Gasteiger partial charge in [0.05, 0.1) is 17.2 Å². The summed E-state index contributed by atoms with van der Waals surface area (Å²) in [5.41, 5.74) is 1.49. The van der Waals surface area contributed by atoms with Crippen molar-refractivity contribution in [3.8, 4) is 0 Å². The molecule has 2 aromatic rings. The van der Waals surface area contributed by atoms with Gasteiger partial charge in [0.15, 0.2) is 0 Å². The van der Waals surface area contributed by atoms with Gasteiger partial charge in [0.2, 0.25) is 0 Å². The van der Waals surface area contributed by atoms with Gasteiger partial charge in [-0.3, -0.25) is 4.90 Å². The lowest BCUT2D eigenvalue weighted by Gasteiger charge is -2.25. The third-order valence-corrected chi connectivity index (χ3v) is 4.09. The summed E-state index contributed by atoms with van der Waals surface area (Å²) < 4.78 is 5.24. The van der Waals surface area contributed by atoms with E-state index in [-0.39, 0.29) is 13.2 Å². The first-order valence-electron chi connectivity index (χ1n) is 7.08. The van der Waals surface area contributed by atoms with E-state index in [2.05, 4.69) is 4.98 Å². The first-order valence-corrected chi connectivity index (χ1v) is 7.96. The lowest BCUT2D eigenvalue weighted by atomic mass is 10.2. The van der Waals surface area contributed by atoms with E-state index in [0.29, 0.717) is 5.69 Å². The summed E-state index contributed by atoms with van der Waals surface area (Å²) in [5, 5.41) is 11.9. The maximum absolute atomic E-state index is 12.3. The molecule has 1 N–H and O–H groups in total. The Labute approximate surface area is 138 Å². The smallest absolute Gasteiger partial charge is 0.411 e. The largest absolute Gasteiger partial charge is 0.480 e. The molecule has 0 spiro atoms. The molecule has 0 saturated heterocycles. The third kappa shape index (κ3) is 4.79. The number of carboxylic acid groups (broad SMARTS) is 1. The van der Waals surface area contributed by atoms with Crippen molar-refractivity contribution in [3.63, 3.8) is 0 Å². The molecule has 0 unspecified atom stereocenters. The molecule has 1 aromatic carbocycles. The minimum atomic E-state index is -1.09. The van der Waals surface area contributed by atoms with Crippen LogP contribution in [-0.4, -0.2) is 33.1 Å². The van der Waals surface area contributed by atoms with E-state index in [0.717, 1.165) is 10.6 Å². The van der Waals surface area contributed by atoms with Gasteiger partial charge in [-0.25, -0.2) is 14.6 Å². The summed E-state index contributed by atoms with van der Waals surface area (Å²) in [6, 6.07) is 8.23. The van der Waals surface area contributed by atoms with Crippen molar-refractivity contribution >= 4 is 23.4 Å². The minimum absolute atomic E-state index is 0.0958. The number of benzene rings is 1. The van der Waals surface area contributed by atoms with Gasteiger partial charge >= 0.3 is 12.1 Å². The number of ether oxygens (including phenoxy) is 1. The number of aryl methyl sites for hydroxylation is 1. The summed E-state index contributed by atoms with van der Waals surface area (Å²) in [7, 11) is 0. The Balaban J connectivity index is 2.06. The van der Waals surface area contributed by atoms with E-state index in [1.807, 2.05) is 37.3 Å². The highest BCUT2D eigenvalue weighted by atomic mass is 32.1. The number of thiazole rings is 1. The highest BCUT2D eigenvalue weighted by Gasteiger charge is 2.27. The molecule has 0 aliphatic carbocycles. The van der Waals surface area contributed by atoms with Crippen LogP contribution in [0.25, 0.3) is 0 Å². The molecule has 0 fully saturated rings. The average Bonchev–Trinajstić information content (AvgIpc) is 2.95. The number of rotatable bonds is 6. The fraction of sp³-hybridized carbons (Fsp3) is 0.312. The standard InChI is InChI=1S/C16H18N2O4S/c1-11(15(19)20)18(8-14-10-23-12(2)17-14)16(21)22-9-13-6-4-3-5-7-13/h3-7,10-11H,8-9H2,1-2H3,(H,19,20)/t11-/m1/s1. The van der Waals surface area contributed by atoms with E-state index < -0.39 is 18.1 Å². The van der Waals surface area contributed by atoms with E-state index in [1.54, 1.807) is 5.38 Å². The second kappa shape index (κ2) is 7.73. The summed E-state index contributed by atoms with van der Waals surface area (Å²) in [6.45, 7) is 3.50. The molecule has 1 heterocycles. The van der Waals surface area contributed by atoms with Crippen molar-refractivity contribution in [1.82, 2.24) is 9.88 Å². The molecule has 0 aliphatic heterocycles. The summed E-state index contributed by atoms with van der Waals surface area (Å²) in [5.74, 6) is -1.09. The zero-order chi connectivity index (χ0) is 16.8. The quantitative estimate of drug-likeness (QED) is 0.878. The molecule has 0 bridgehead atoms. The molecule has 0 aliphatic rings. The van der Waals surface area contributed by atoms with Crippen LogP contribution in [0, 0.1) is 6.92 Å². The van der Waals surface area contributed by atoms with Crippen molar-refractivity contribution in [2.24, 2.45) is 0 Å². The Morgan fingerprint density at radius 1 is 1.35 bits per heavy atom. The molecule has 1 amide bonds. The van der Waals surface area contributed by atoms with Crippen molar-refractivity contribution in [1.29, 1.82) is 0 Å². The van der Waals surface area contributed by atoms with Gasteiger partial charge < -0.3 is 9.84 Å². The Kier molecular flexibility index (Phi) is 5.70. The van der Waals surface area contributed by atoms with Crippen molar-refractivity contribution in [2.75, 3.05) is 0 Å². The van der Waals surface area contributed by atoms with E-state index in [1.165, 1.54) is 23.2 Å². The second-order valence-corrected chi connectivity index (χ2v) is 6.10. The monoisotopic (exact) mass is 334 g/mol. The molecule has 7 heteroatoms. The SMILES string of the molecule is Cc1nc(CN(C(=O)OCc2ccccc2)[C@H](C)C(=O)O)cs1.